The van der Waals surface area contributed by atoms with E-state index in [0.717, 1.165) is 0 Å². The third-order valence-electron chi connectivity index (χ3n) is 5.38. The van der Waals surface area contributed by atoms with Crippen LogP contribution in [0.1, 0.15) is 5.56 Å². The van der Waals surface area contributed by atoms with Gasteiger partial charge in [-0.2, -0.15) is 0 Å². The fraction of sp³-hybridized carbons (Fsp3) is 0.350. The van der Waals surface area contributed by atoms with Crippen molar-refractivity contribution in [2.45, 2.75) is 18.6 Å². The summed E-state index contributed by atoms with van der Waals surface area (Å²) in [6.45, 7) is 0.239. The summed E-state index contributed by atoms with van der Waals surface area (Å²) in [4.78, 5) is 16.3. The maximum Gasteiger partial charge on any atom is 0.241 e. The summed E-state index contributed by atoms with van der Waals surface area (Å²) < 4.78 is 44.0. The van der Waals surface area contributed by atoms with E-state index in [0.29, 0.717) is 17.0 Å². The summed E-state index contributed by atoms with van der Waals surface area (Å²) in [7, 11) is -1.74. The van der Waals surface area contributed by atoms with E-state index in [9.17, 15) is 17.6 Å². The Morgan fingerprint density at radius 3 is 2.43 bits per heavy atom. The number of ether oxygens (including phenoxy) is 1. The molecular weight excluding hydrogens is 383 g/mol. The molecular formula is C20H21FN2O4S. The van der Waals surface area contributed by atoms with Crippen molar-refractivity contribution in [1.82, 2.24) is 4.90 Å². The Bertz CT molecular complexity index is 994. The van der Waals surface area contributed by atoms with Crippen LogP contribution in [-0.4, -0.2) is 56.5 Å². The molecule has 148 valence electrons. The minimum absolute atomic E-state index is 0.0357. The lowest BCUT2D eigenvalue weighted by Gasteiger charge is -2.43. The normalized spacial score (nSPS) is 24.2. The first-order chi connectivity index (χ1) is 13.4. The molecule has 28 heavy (non-hydrogen) atoms. The van der Waals surface area contributed by atoms with E-state index in [1.807, 2.05) is 0 Å². The lowest BCUT2D eigenvalue weighted by molar-refractivity contribution is -0.123. The standard InChI is InChI=1S/C20H21FN2O4S/c1-27-16-8-6-15(7-9-16)23-19-13-28(25,26)12-18(19)22(11-20(23)24)10-14-4-2-3-5-17(14)21/h2-9,18-19H,10-13H2,1H3/t18-,19-/m1/s1. The topological polar surface area (TPSA) is 66.9 Å². The lowest BCUT2D eigenvalue weighted by Crippen LogP contribution is -2.61. The molecule has 0 radical (unpaired) electrons. The van der Waals surface area contributed by atoms with E-state index in [1.165, 1.54) is 6.07 Å². The molecule has 0 saturated carbocycles. The third kappa shape index (κ3) is 3.49. The summed E-state index contributed by atoms with van der Waals surface area (Å²) in [5.74, 6) is -0.0234. The number of nitrogens with zero attached hydrogens (tertiary/aromatic N) is 2. The van der Waals surface area contributed by atoms with E-state index < -0.39 is 15.9 Å². The summed E-state index contributed by atoms with van der Waals surface area (Å²) in [6.07, 6.45) is 0. The van der Waals surface area contributed by atoms with Crippen molar-refractivity contribution in [1.29, 1.82) is 0 Å². The zero-order valence-electron chi connectivity index (χ0n) is 15.4. The Hall–Kier alpha value is -2.45. The molecule has 2 saturated heterocycles. The monoisotopic (exact) mass is 404 g/mol. The minimum Gasteiger partial charge on any atom is -0.497 e. The molecule has 2 aromatic rings. The van der Waals surface area contributed by atoms with Gasteiger partial charge in [-0.05, 0) is 30.3 Å². The number of benzene rings is 2. The number of fused-ring (bicyclic) bond motifs is 1. The number of methoxy groups -OCH3 is 1. The largest absolute Gasteiger partial charge is 0.497 e. The average molecular weight is 404 g/mol. The highest BCUT2D eigenvalue weighted by Gasteiger charge is 2.49. The van der Waals surface area contributed by atoms with Gasteiger partial charge in [0.05, 0.1) is 31.2 Å². The van der Waals surface area contributed by atoms with Crippen LogP contribution in [0.15, 0.2) is 48.5 Å². The van der Waals surface area contributed by atoms with E-state index >= 15 is 0 Å². The predicted octanol–water partition coefficient (Wildman–Crippen LogP) is 1.85. The molecule has 8 heteroatoms. The highest BCUT2D eigenvalue weighted by molar-refractivity contribution is 7.91. The molecule has 1 amide bonds. The first-order valence-corrected chi connectivity index (χ1v) is 10.8. The predicted molar refractivity (Wildman–Crippen MR) is 104 cm³/mol. The number of piperazine rings is 1. The van der Waals surface area contributed by atoms with Crippen LogP contribution in [0.25, 0.3) is 0 Å². The van der Waals surface area contributed by atoms with E-state index in [4.69, 9.17) is 4.74 Å². The summed E-state index contributed by atoms with van der Waals surface area (Å²) >= 11 is 0. The second-order valence-corrected chi connectivity index (χ2v) is 9.32. The number of anilines is 1. The van der Waals surface area contributed by atoms with Crippen LogP contribution < -0.4 is 9.64 Å². The van der Waals surface area contributed by atoms with Crippen molar-refractivity contribution in [3.63, 3.8) is 0 Å². The van der Waals surface area contributed by atoms with Crippen molar-refractivity contribution in [2.24, 2.45) is 0 Å². The van der Waals surface area contributed by atoms with Crippen LogP contribution in [0.5, 0.6) is 5.75 Å². The maximum absolute atomic E-state index is 14.1. The fourth-order valence-electron chi connectivity index (χ4n) is 4.05. The molecule has 2 fully saturated rings. The molecule has 0 unspecified atom stereocenters. The molecule has 0 aromatic heterocycles. The summed E-state index contributed by atoms with van der Waals surface area (Å²) in [5, 5.41) is 0. The number of hydrogen-bond donors (Lipinski definition) is 0. The van der Waals surface area contributed by atoms with Gasteiger partial charge < -0.3 is 9.64 Å². The Labute approximate surface area is 163 Å². The lowest BCUT2D eigenvalue weighted by atomic mass is 10.0. The second-order valence-electron chi connectivity index (χ2n) is 7.17. The van der Waals surface area contributed by atoms with Gasteiger partial charge in [0.25, 0.3) is 0 Å². The van der Waals surface area contributed by atoms with Crippen LogP contribution in [0.2, 0.25) is 0 Å². The van der Waals surface area contributed by atoms with Crippen LogP contribution in [0.4, 0.5) is 10.1 Å². The number of hydrogen-bond acceptors (Lipinski definition) is 5. The minimum atomic E-state index is -3.30. The van der Waals surface area contributed by atoms with Gasteiger partial charge in [0, 0.05) is 23.8 Å². The van der Waals surface area contributed by atoms with E-state index in [2.05, 4.69) is 0 Å². The molecule has 0 bridgehead atoms. The third-order valence-corrected chi connectivity index (χ3v) is 7.08. The fourth-order valence-corrected chi connectivity index (χ4v) is 6.04. The molecule has 0 N–H and O–H groups in total. The van der Waals surface area contributed by atoms with Gasteiger partial charge in [0.2, 0.25) is 5.91 Å². The molecule has 2 aliphatic rings. The van der Waals surface area contributed by atoms with Crippen molar-refractivity contribution in [2.75, 3.05) is 30.1 Å². The summed E-state index contributed by atoms with van der Waals surface area (Å²) in [5.41, 5.74) is 1.10. The van der Waals surface area contributed by atoms with Gasteiger partial charge in [-0.1, -0.05) is 18.2 Å². The van der Waals surface area contributed by atoms with E-state index in [-0.39, 0.29) is 42.4 Å². The van der Waals surface area contributed by atoms with Crippen molar-refractivity contribution >= 4 is 21.4 Å². The number of rotatable bonds is 4. The van der Waals surface area contributed by atoms with Gasteiger partial charge in [0.1, 0.15) is 11.6 Å². The van der Waals surface area contributed by atoms with Gasteiger partial charge in [-0.25, -0.2) is 12.8 Å². The number of sulfone groups is 1. The first kappa shape index (κ1) is 18.9. The molecule has 2 heterocycles. The Morgan fingerprint density at radius 2 is 1.75 bits per heavy atom. The Balaban J connectivity index is 1.66. The molecule has 2 aliphatic heterocycles. The average Bonchev–Trinajstić information content (AvgIpc) is 2.99. The zero-order valence-corrected chi connectivity index (χ0v) is 16.2. The van der Waals surface area contributed by atoms with Crippen LogP contribution in [0.3, 0.4) is 0 Å². The van der Waals surface area contributed by atoms with Gasteiger partial charge >= 0.3 is 0 Å². The molecule has 4 rings (SSSR count). The van der Waals surface area contributed by atoms with Crippen LogP contribution in [-0.2, 0) is 21.2 Å². The summed E-state index contributed by atoms with van der Waals surface area (Å²) in [6, 6.07) is 12.5. The first-order valence-electron chi connectivity index (χ1n) is 9.02. The van der Waals surface area contributed by atoms with Crippen LogP contribution in [0, 0.1) is 5.82 Å². The number of carbonyl (C=O) groups excluding carboxylic acids is 1. The number of carbonyl (C=O) groups is 1. The number of halogens is 1. The van der Waals surface area contributed by atoms with E-state index in [1.54, 1.807) is 59.4 Å². The highest BCUT2D eigenvalue weighted by Crippen LogP contribution is 2.33. The second kappa shape index (κ2) is 7.18. The molecule has 6 nitrogen and oxygen atoms in total. The molecule has 2 atom stereocenters. The SMILES string of the molecule is COc1ccc(N2C(=O)CN(Cc3ccccc3F)[C@@H]3CS(=O)(=O)C[C@H]32)cc1. The Kier molecular flexibility index (Phi) is 4.84. The van der Waals surface area contributed by atoms with Gasteiger partial charge in [-0.15, -0.1) is 0 Å². The van der Waals surface area contributed by atoms with Gasteiger partial charge in [-0.3, -0.25) is 9.69 Å². The zero-order chi connectivity index (χ0) is 19.9. The van der Waals surface area contributed by atoms with Crippen molar-refractivity contribution < 1.29 is 22.3 Å². The Morgan fingerprint density at radius 1 is 1.07 bits per heavy atom. The van der Waals surface area contributed by atoms with Crippen molar-refractivity contribution in [3.8, 4) is 5.75 Å². The molecule has 0 aliphatic carbocycles. The number of amides is 1. The smallest absolute Gasteiger partial charge is 0.241 e. The maximum atomic E-state index is 14.1. The molecule has 0 spiro atoms. The quantitative estimate of drug-likeness (QED) is 0.778. The highest BCUT2D eigenvalue weighted by atomic mass is 32.2. The van der Waals surface area contributed by atoms with Crippen LogP contribution >= 0.6 is 0 Å². The molecule has 2 aromatic carbocycles. The van der Waals surface area contributed by atoms with Gasteiger partial charge in [0.15, 0.2) is 9.84 Å². The van der Waals surface area contributed by atoms with Crippen molar-refractivity contribution in [3.05, 3.63) is 59.9 Å².